The van der Waals surface area contributed by atoms with Crippen molar-refractivity contribution in [1.29, 1.82) is 0 Å². The first-order valence-electron chi connectivity index (χ1n) is 11.4. The lowest BCUT2D eigenvalue weighted by atomic mass is 10.0. The van der Waals surface area contributed by atoms with Crippen molar-refractivity contribution in [3.63, 3.8) is 0 Å². The minimum atomic E-state index is -1.20. The Morgan fingerprint density at radius 3 is 2.31 bits per heavy atom. The number of hydrogen-bond acceptors (Lipinski definition) is 6. The summed E-state index contributed by atoms with van der Waals surface area (Å²) in [7, 11) is 0. The van der Waals surface area contributed by atoms with E-state index in [1.54, 1.807) is 36.4 Å². The molecule has 0 bridgehead atoms. The van der Waals surface area contributed by atoms with Crippen LogP contribution in [0.4, 0.5) is 0 Å². The van der Waals surface area contributed by atoms with Gasteiger partial charge in [0.25, 0.3) is 0 Å². The van der Waals surface area contributed by atoms with Gasteiger partial charge in [0.15, 0.2) is 0 Å². The SMILES string of the molecule is NC(Cc1ccc(O)cc1)C(=O)N1CCCC1C(=O)NC(Cc1ccccc1)C(=O)NCC(=O)O. The molecule has 10 heteroatoms. The van der Waals surface area contributed by atoms with Crippen LogP contribution in [-0.4, -0.2) is 70.0 Å². The molecule has 186 valence electrons. The van der Waals surface area contributed by atoms with E-state index in [4.69, 9.17) is 10.8 Å². The molecule has 1 aliphatic heterocycles. The Morgan fingerprint density at radius 1 is 1.00 bits per heavy atom. The normalized spacial score (nSPS) is 16.8. The van der Waals surface area contributed by atoms with Crippen molar-refractivity contribution in [1.82, 2.24) is 15.5 Å². The average molecular weight is 483 g/mol. The molecule has 3 atom stereocenters. The van der Waals surface area contributed by atoms with E-state index < -0.39 is 42.5 Å². The number of aromatic hydroxyl groups is 1. The molecule has 1 heterocycles. The van der Waals surface area contributed by atoms with Crippen LogP contribution in [0.3, 0.4) is 0 Å². The van der Waals surface area contributed by atoms with E-state index in [1.165, 1.54) is 17.0 Å². The predicted molar refractivity (Wildman–Crippen MR) is 127 cm³/mol. The van der Waals surface area contributed by atoms with Gasteiger partial charge in [-0.1, -0.05) is 42.5 Å². The molecule has 0 saturated carbocycles. The lowest BCUT2D eigenvalue weighted by molar-refractivity contribution is -0.141. The maximum absolute atomic E-state index is 13.2. The van der Waals surface area contributed by atoms with Crippen LogP contribution in [0.1, 0.15) is 24.0 Å². The van der Waals surface area contributed by atoms with Crippen LogP contribution in [0.2, 0.25) is 0 Å². The van der Waals surface area contributed by atoms with Gasteiger partial charge < -0.3 is 31.5 Å². The number of hydrogen-bond donors (Lipinski definition) is 5. The molecule has 2 aromatic carbocycles. The number of phenolic OH excluding ortho intramolecular Hbond substituents is 1. The second kappa shape index (κ2) is 12.0. The van der Waals surface area contributed by atoms with E-state index in [0.29, 0.717) is 19.4 Å². The number of carbonyl (C=O) groups excluding carboxylic acids is 3. The van der Waals surface area contributed by atoms with Gasteiger partial charge in [0.05, 0.1) is 6.04 Å². The molecule has 35 heavy (non-hydrogen) atoms. The summed E-state index contributed by atoms with van der Waals surface area (Å²) >= 11 is 0. The van der Waals surface area contributed by atoms with Gasteiger partial charge in [-0.05, 0) is 42.5 Å². The Hall–Kier alpha value is -3.92. The van der Waals surface area contributed by atoms with Gasteiger partial charge in [-0.3, -0.25) is 19.2 Å². The Morgan fingerprint density at radius 2 is 1.66 bits per heavy atom. The Kier molecular flexibility index (Phi) is 8.80. The van der Waals surface area contributed by atoms with E-state index in [9.17, 15) is 24.3 Å². The number of phenols is 1. The standard InChI is InChI=1S/C25H30N4O6/c26-19(13-17-8-10-18(30)11-9-17)25(35)29-12-4-7-21(29)24(34)28-20(23(33)27-15-22(31)32)14-16-5-2-1-3-6-16/h1-3,5-6,8-11,19-21,30H,4,7,12-15,26H2,(H,27,33)(H,28,34)(H,31,32). The molecule has 3 rings (SSSR count). The van der Waals surface area contributed by atoms with Crippen molar-refractivity contribution >= 4 is 23.7 Å². The van der Waals surface area contributed by atoms with E-state index in [-0.39, 0.29) is 24.5 Å². The molecule has 1 saturated heterocycles. The zero-order valence-corrected chi connectivity index (χ0v) is 19.2. The van der Waals surface area contributed by atoms with E-state index in [0.717, 1.165) is 11.1 Å². The van der Waals surface area contributed by atoms with Gasteiger partial charge in [0.1, 0.15) is 24.4 Å². The summed E-state index contributed by atoms with van der Waals surface area (Å²) in [5.41, 5.74) is 7.71. The van der Waals surface area contributed by atoms with E-state index in [1.807, 2.05) is 6.07 Å². The van der Waals surface area contributed by atoms with Gasteiger partial charge in [0, 0.05) is 13.0 Å². The lowest BCUT2D eigenvalue weighted by Gasteiger charge is -2.28. The minimum absolute atomic E-state index is 0.113. The number of amides is 3. The molecule has 0 radical (unpaired) electrons. The quantitative estimate of drug-likeness (QED) is 0.323. The summed E-state index contributed by atoms with van der Waals surface area (Å²) in [6.07, 6.45) is 1.46. The van der Waals surface area contributed by atoms with Crippen molar-refractivity contribution in [3.05, 3.63) is 65.7 Å². The summed E-state index contributed by atoms with van der Waals surface area (Å²) in [5, 5.41) is 23.3. The number of nitrogens with one attached hydrogen (secondary N) is 2. The van der Waals surface area contributed by atoms with Crippen LogP contribution < -0.4 is 16.4 Å². The number of carboxylic acids is 1. The fourth-order valence-corrected chi connectivity index (χ4v) is 4.10. The molecular formula is C25H30N4O6. The number of carboxylic acid groups (broad SMARTS) is 1. The summed E-state index contributed by atoms with van der Waals surface area (Å²) in [6, 6.07) is 12.8. The minimum Gasteiger partial charge on any atom is -0.508 e. The molecule has 1 fully saturated rings. The van der Waals surface area contributed by atoms with Crippen LogP contribution in [0.15, 0.2) is 54.6 Å². The van der Waals surface area contributed by atoms with Crippen molar-refractivity contribution in [2.24, 2.45) is 5.73 Å². The van der Waals surface area contributed by atoms with Crippen molar-refractivity contribution in [2.75, 3.05) is 13.1 Å². The monoisotopic (exact) mass is 482 g/mol. The lowest BCUT2D eigenvalue weighted by Crippen LogP contribution is -2.56. The molecule has 3 unspecified atom stereocenters. The number of benzene rings is 2. The van der Waals surface area contributed by atoms with Crippen molar-refractivity contribution in [2.45, 2.75) is 43.8 Å². The second-order valence-corrected chi connectivity index (χ2v) is 8.53. The maximum atomic E-state index is 13.2. The second-order valence-electron chi connectivity index (χ2n) is 8.53. The zero-order valence-electron chi connectivity index (χ0n) is 19.2. The van der Waals surface area contributed by atoms with Crippen LogP contribution in [-0.2, 0) is 32.0 Å². The molecule has 3 amide bonds. The average Bonchev–Trinajstić information content (AvgIpc) is 3.33. The summed E-state index contributed by atoms with van der Waals surface area (Å²) in [5.74, 6) is -2.56. The fourth-order valence-electron chi connectivity index (χ4n) is 4.10. The molecule has 0 aliphatic carbocycles. The fraction of sp³-hybridized carbons (Fsp3) is 0.360. The van der Waals surface area contributed by atoms with Gasteiger partial charge in [-0.2, -0.15) is 0 Å². The first-order valence-corrected chi connectivity index (χ1v) is 11.4. The van der Waals surface area contributed by atoms with Crippen molar-refractivity contribution in [3.8, 4) is 5.75 Å². The Bertz CT molecular complexity index is 1040. The number of nitrogens with two attached hydrogens (primary N) is 1. The molecule has 0 aromatic heterocycles. The topological polar surface area (TPSA) is 162 Å². The molecule has 0 spiro atoms. The largest absolute Gasteiger partial charge is 0.508 e. The number of carbonyl (C=O) groups is 4. The van der Waals surface area contributed by atoms with Gasteiger partial charge in [-0.15, -0.1) is 0 Å². The summed E-state index contributed by atoms with van der Waals surface area (Å²) in [6.45, 7) is -0.199. The van der Waals surface area contributed by atoms with Gasteiger partial charge >= 0.3 is 5.97 Å². The highest BCUT2D eigenvalue weighted by Crippen LogP contribution is 2.20. The third-order valence-corrected chi connectivity index (χ3v) is 5.88. The van der Waals surface area contributed by atoms with Crippen LogP contribution in [0.5, 0.6) is 5.75 Å². The highest BCUT2D eigenvalue weighted by molar-refractivity contribution is 5.94. The predicted octanol–water partition coefficient (Wildman–Crippen LogP) is 0.181. The smallest absolute Gasteiger partial charge is 0.322 e. The number of nitrogens with zero attached hydrogens (tertiary/aromatic N) is 1. The third kappa shape index (κ3) is 7.28. The van der Waals surface area contributed by atoms with E-state index in [2.05, 4.69) is 10.6 Å². The molecule has 2 aromatic rings. The molecule has 1 aliphatic rings. The van der Waals surface area contributed by atoms with Crippen LogP contribution >= 0.6 is 0 Å². The summed E-state index contributed by atoms with van der Waals surface area (Å²) < 4.78 is 0. The number of likely N-dealkylation sites (tertiary alicyclic amines) is 1. The van der Waals surface area contributed by atoms with Gasteiger partial charge in [0.2, 0.25) is 17.7 Å². The highest BCUT2D eigenvalue weighted by Gasteiger charge is 2.37. The van der Waals surface area contributed by atoms with Gasteiger partial charge in [-0.25, -0.2) is 0 Å². The Balaban J connectivity index is 1.67. The molecule has 6 N–H and O–H groups in total. The molecular weight excluding hydrogens is 452 g/mol. The van der Waals surface area contributed by atoms with Crippen LogP contribution in [0.25, 0.3) is 0 Å². The number of aliphatic carboxylic acids is 1. The number of rotatable bonds is 10. The first kappa shape index (κ1) is 25.7. The van der Waals surface area contributed by atoms with Crippen LogP contribution in [0, 0.1) is 0 Å². The molecule has 10 nitrogen and oxygen atoms in total. The summed E-state index contributed by atoms with van der Waals surface area (Å²) in [4.78, 5) is 51.2. The Labute approximate surface area is 203 Å². The third-order valence-electron chi connectivity index (χ3n) is 5.88. The zero-order chi connectivity index (χ0) is 25.4. The maximum Gasteiger partial charge on any atom is 0.322 e. The highest BCUT2D eigenvalue weighted by atomic mass is 16.4. The van der Waals surface area contributed by atoms with Crippen molar-refractivity contribution < 1.29 is 29.4 Å². The first-order chi connectivity index (χ1) is 16.7. The van der Waals surface area contributed by atoms with E-state index >= 15 is 0 Å².